The molecule has 1 N–H and O–H groups in total. The Kier molecular flexibility index (Phi) is 3.40. The number of benzene rings is 1. The van der Waals surface area contributed by atoms with Crippen molar-refractivity contribution in [3.05, 3.63) is 22.7 Å². The molecular formula is C10H10BrN3O3S. The molecule has 1 aliphatic rings. The Morgan fingerprint density at radius 1 is 1.50 bits per heavy atom. The molecule has 0 aromatic heterocycles. The molecule has 1 aromatic rings. The van der Waals surface area contributed by atoms with Gasteiger partial charge in [-0.2, -0.15) is 8.42 Å². The highest BCUT2D eigenvalue weighted by Gasteiger charge is 2.26. The van der Waals surface area contributed by atoms with E-state index in [4.69, 9.17) is 0 Å². The summed E-state index contributed by atoms with van der Waals surface area (Å²) in [7, 11) is -2.14. The van der Waals surface area contributed by atoms with Crippen LogP contribution in [0.15, 0.2) is 32.0 Å². The van der Waals surface area contributed by atoms with Gasteiger partial charge >= 0.3 is 0 Å². The first-order valence-corrected chi connectivity index (χ1v) is 7.24. The Bertz CT molecular complexity index is 627. The zero-order chi connectivity index (χ0) is 13.3. The summed E-state index contributed by atoms with van der Waals surface area (Å²) < 4.78 is 27.7. The van der Waals surface area contributed by atoms with Crippen LogP contribution in [0.1, 0.15) is 0 Å². The van der Waals surface area contributed by atoms with Gasteiger partial charge in [-0.1, -0.05) is 15.9 Å². The van der Waals surface area contributed by atoms with Gasteiger partial charge in [0.05, 0.1) is 5.69 Å². The average Bonchev–Trinajstić information content (AvgIpc) is 2.32. The van der Waals surface area contributed by atoms with E-state index < -0.39 is 10.0 Å². The van der Waals surface area contributed by atoms with E-state index in [9.17, 15) is 13.2 Å². The van der Waals surface area contributed by atoms with Crippen molar-refractivity contribution in [3.8, 4) is 0 Å². The van der Waals surface area contributed by atoms with E-state index in [1.807, 2.05) is 0 Å². The van der Waals surface area contributed by atoms with E-state index in [-0.39, 0.29) is 17.3 Å². The molecule has 96 valence electrons. The summed E-state index contributed by atoms with van der Waals surface area (Å²) in [6.45, 7) is 0.0129. The van der Waals surface area contributed by atoms with Gasteiger partial charge in [-0.15, -0.1) is 4.40 Å². The molecule has 2 rings (SSSR count). The number of nitrogens with zero attached hydrogens (tertiary/aromatic N) is 2. The van der Waals surface area contributed by atoms with Gasteiger partial charge in [0.25, 0.3) is 10.0 Å². The lowest BCUT2D eigenvalue weighted by Gasteiger charge is -2.24. The van der Waals surface area contributed by atoms with Gasteiger partial charge in [-0.25, -0.2) is 0 Å². The molecule has 0 aliphatic carbocycles. The van der Waals surface area contributed by atoms with Gasteiger partial charge in [0.1, 0.15) is 17.8 Å². The Balaban J connectivity index is 2.49. The smallest absolute Gasteiger partial charge is 0.285 e. The normalized spacial score (nSPS) is 16.2. The van der Waals surface area contributed by atoms with E-state index >= 15 is 0 Å². The van der Waals surface area contributed by atoms with Crippen LogP contribution in [0.4, 0.5) is 5.69 Å². The second-order valence-corrected chi connectivity index (χ2v) is 6.13. The molecule has 0 saturated carbocycles. The SMILES string of the molecule is CNC(=O)CN1C=NS(=O)(=O)c2ccc(Br)cc21. The van der Waals surface area contributed by atoms with Crippen LogP contribution in [0.5, 0.6) is 0 Å². The van der Waals surface area contributed by atoms with Gasteiger partial charge in [-0.3, -0.25) is 4.79 Å². The Morgan fingerprint density at radius 2 is 2.22 bits per heavy atom. The molecule has 18 heavy (non-hydrogen) atoms. The number of halogens is 1. The van der Waals surface area contributed by atoms with Crippen molar-refractivity contribution in [2.75, 3.05) is 18.5 Å². The maximum atomic E-state index is 11.7. The average molecular weight is 332 g/mol. The van der Waals surface area contributed by atoms with E-state index in [2.05, 4.69) is 25.6 Å². The Hall–Kier alpha value is -1.41. The van der Waals surface area contributed by atoms with Gasteiger partial charge in [0.15, 0.2) is 0 Å². The predicted octanol–water partition coefficient (Wildman–Crippen LogP) is 0.732. The summed E-state index contributed by atoms with van der Waals surface area (Å²) in [5.41, 5.74) is 0.433. The van der Waals surface area contributed by atoms with Crippen LogP contribution in [-0.4, -0.2) is 34.3 Å². The number of fused-ring (bicyclic) bond motifs is 1. The molecule has 0 bridgehead atoms. The molecule has 1 aliphatic heterocycles. The number of amides is 1. The lowest BCUT2D eigenvalue weighted by Crippen LogP contribution is -2.37. The Labute approximate surface area is 113 Å². The standard InChI is InChI=1S/C10H10BrN3O3S/c1-12-10(15)5-14-6-13-18(16,17)9-3-2-7(11)4-8(9)14/h2-4,6H,5H2,1H3,(H,12,15). The number of likely N-dealkylation sites (N-methyl/N-ethyl adjacent to an activating group) is 1. The highest BCUT2D eigenvalue weighted by atomic mass is 79.9. The third kappa shape index (κ3) is 2.39. The van der Waals surface area contributed by atoms with Crippen molar-refractivity contribution in [2.45, 2.75) is 4.90 Å². The second-order valence-electron chi connectivity index (χ2n) is 3.61. The summed E-state index contributed by atoms with van der Waals surface area (Å²) in [5.74, 6) is -0.230. The number of sulfonamides is 1. The summed E-state index contributed by atoms with van der Waals surface area (Å²) in [5, 5.41) is 2.47. The topological polar surface area (TPSA) is 78.8 Å². The van der Waals surface area contributed by atoms with Crippen molar-refractivity contribution in [1.82, 2.24) is 5.32 Å². The number of hydrogen-bond acceptors (Lipinski definition) is 4. The lowest BCUT2D eigenvalue weighted by atomic mass is 10.3. The number of rotatable bonds is 2. The summed E-state index contributed by atoms with van der Waals surface area (Å²) in [6.07, 6.45) is 1.15. The van der Waals surface area contributed by atoms with E-state index in [0.717, 1.165) is 10.8 Å². The zero-order valence-electron chi connectivity index (χ0n) is 9.42. The fourth-order valence-corrected chi connectivity index (χ4v) is 2.91. The van der Waals surface area contributed by atoms with Gasteiger partial charge < -0.3 is 10.2 Å². The van der Waals surface area contributed by atoms with Crippen LogP contribution in [0.2, 0.25) is 0 Å². The quantitative estimate of drug-likeness (QED) is 0.866. The van der Waals surface area contributed by atoms with Gasteiger partial charge in [0, 0.05) is 11.5 Å². The largest absolute Gasteiger partial charge is 0.358 e. The molecule has 6 nitrogen and oxygen atoms in total. The van der Waals surface area contributed by atoms with Crippen LogP contribution in [0.25, 0.3) is 0 Å². The van der Waals surface area contributed by atoms with Gasteiger partial charge in [-0.05, 0) is 18.2 Å². The van der Waals surface area contributed by atoms with E-state index in [0.29, 0.717) is 5.69 Å². The predicted molar refractivity (Wildman–Crippen MR) is 71.2 cm³/mol. The Morgan fingerprint density at radius 3 is 2.89 bits per heavy atom. The van der Waals surface area contributed by atoms with Gasteiger partial charge in [0.2, 0.25) is 5.91 Å². The molecule has 1 amide bonds. The summed E-state index contributed by atoms with van der Waals surface area (Å²) >= 11 is 3.27. The molecule has 1 aromatic carbocycles. The minimum Gasteiger partial charge on any atom is -0.358 e. The second kappa shape index (κ2) is 4.69. The molecule has 0 radical (unpaired) electrons. The molecule has 0 saturated heterocycles. The molecular weight excluding hydrogens is 322 g/mol. The minimum absolute atomic E-state index is 0.0129. The van der Waals surface area contributed by atoms with Crippen LogP contribution >= 0.6 is 15.9 Å². The lowest BCUT2D eigenvalue weighted by molar-refractivity contribution is -0.119. The van der Waals surface area contributed by atoms with Crippen LogP contribution in [0.3, 0.4) is 0 Å². The molecule has 0 unspecified atom stereocenters. The fraction of sp³-hybridized carbons (Fsp3) is 0.200. The van der Waals surface area contributed by atoms with Crippen molar-refractivity contribution >= 4 is 43.9 Å². The van der Waals surface area contributed by atoms with Crippen LogP contribution in [0, 0.1) is 0 Å². The highest BCUT2D eigenvalue weighted by Crippen LogP contribution is 2.31. The van der Waals surface area contributed by atoms with Crippen molar-refractivity contribution < 1.29 is 13.2 Å². The van der Waals surface area contributed by atoms with Crippen molar-refractivity contribution in [1.29, 1.82) is 0 Å². The third-order valence-corrected chi connectivity index (χ3v) is 4.19. The molecule has 0 fully saturated rings. The molecule has 1 heterocycles. The number of carbonyl (C=O) groups excluding carboxylic acids is 1. The number of hydrogen-bond donors (Lipinski definition) is 1. The fourth-order valence-electron chi connectivity index (χ4n) is 1.53. The summed E-state index contributed by atoms with van der Waals surface area (Å²) in [6, 6.07) is 4.72. The van der Waals surface area contributed by atoms with E-state index in [1.54, 1.807) is 12.1 Å². The monoisotopic (exact) mass is 331 g/mol. The van der Waals surface area contributed by atoms with Crippen LogP contribution < -0.4 is 10.2 Å². The third-order valence-electron chi connectivity index (χ3n) is 2.43. The molecule has 0 spiro atoms. The number of nitrogens with one attached hydrogen (secondary N) is 1. The number of carbonyl (C=O) groups is 1. The minimum atomic E-state index is -3.66. The molecule has 8 heteroatoms. The summed E-state index contributed by atoms with van der Waals surface area (Å²) in [4.78, 5) is 12.9. The highest BCUT2D eigenvalue weighted by molar-refractivity contribution is 9.10. The first-order valence-electron chi connectivity index (χ1n) is 5.01. The van der Waals surface area contributed by atoms with Crippen molar-refractivity contribution in [2.24, 2.45) is 4.40 Å². The van der Waals surface area contributed by atoms with Crippen molar-refractivity contribution in [3.63, 3.8) is 0 Å². The molecule has 0 atom stereocenters. The first-order chi connectivity index (χ1) is 8.44. The first kappa shape index (κ1) is 13.0. The maximum Gasteiger partial charge on any atom is 0.285 e. The zero-order valence-corrected chi connectivity index (χ0v) is 11.8. The maximum absolute atomic E-state index is 11.7. The van der Waals surface area contributed by atoms with E-state index in [1.165, 1.54) is 18.0 Å². The number of anilines is 1. The van der Waals surface area contributed by atoms with Crippen LogP contribution in [-0.2, 0) is 14.8 Å².